The number of nitrogens with one attached hydrogen (secondary N) is 1. The van der Waals surface area contributed by atoms with Gasteiger partial charge in [0.2, 0.25) is 0 Å². The summed E-state index contributed by atoms with van der Waals surface area (Å²) in [5, 5.41) is 32.7. The van der Waals surface area contributed by atoms with E-state index in [9.17, 15) is 15.2 Å². The molecule has 2 N–H and O–H groups in total. The molecule has 0 bridgehead atoms. The average Bonchev–Trinajstić information content (AvgIpc) is 2.53. The van der Waals surface area contributed by atoms with Crippen LogP contribution in [0, 0.1) is 21.4 Å². The van der Waals surface area contributed by atoms with Gasteiger partial charge >= 0.3 is 0 Å². The Morgan fingerprint density at radius 3 is 2.64 bits per heavy atom. The first kappa shape index (κ1) is 15.5. The maximum atomic E-state index is 11.0. The summed E-state index contributed by atoms with van der Waals surface area (Å²) >= 11 is 0. The van der Waals surface area contributed by atoms with Crippen molar-refractivity contribution in [2.24, 2.45) is 0 Å². The van der Waals surface area contributed by atoms with Crippen molar-refractivity contribution in [2.75, 3.05) is 11.9 Å². The van der Waals surface area contributed by atoms with Crippen molar-refractivity contribution in [2.45, 2.75) is 12.5 Å². The molecule has 2 aromatic carbocycles. The Labute approximate surface area is 127 Å². The molecule has 1 unspecified atom stereocenters. The van der Waals surface area contributed by atoms with E-state index in [4.69, 9.17) is 5.26 Å². The van der Waals surface area contributed by atoms with Crippen molar-refractivity contribution in [3.8, 4) is 6.07 Å². The number of hydrogen-bond donors (Lipinski definition) is 2. The maximum Gasteiger partial charge on any atom is 0.293 e. The van der Waals surface area contributed by atoms with E-state index < -0.39 is 11.0 Å². The van der Waals surface area contributed by atoms with Gasteiger partial charge in [-0.25, -0.2) is 0 Å². The number of nitriles is 1. The zero-order valence-electron chi connectivity index (χ0n) is 11.8. The number of anilines is 1. The number of hydrogen-bond acceptors (Lipinski definition) is 5. The van der Waals surface area contributed by atoms with E-state index in [1.807, 2.05) is 36.4 Å². The Kier molecular flexibility index (Phi) is 5.07. The third-order valence-corrected chi connectivity index (χ3v) is 3.17. The van der Waals surface area contributed by atoms with Gasteiger partial charge in [0.15, 0.2) is 0 Å². The lowest BCUT2D eigenvalue weighted by molar-refractivity contribution is -0.384. The van der Waals surface area contributed by atoms with E-state index in [2.05, 4.69) is 5.32 Å². The van der Waals surface area contributed by atoms with E-state index >= 15 is 0 Å². The molecule has 0 amide bonds. The lowest BCUT2D eigenvalue weighted by Crippen LogP contribution is -2.22. The maximum absolute atomic E-state index is 11.0. The molecule has 0 aliphatic carbocycles. The van der Waals surface area contributed by atoms with Crippen LogP contribution >= 0.6 is 0 Å². The van der Waals surface area contributed by atoms with Crippen molar-refractivity contribution in [3.63, 3.8) is 0 Å². The first-order valence-corrected chi connectivity index (χ1v) is 6.74. The van der Waals surface area contributed by atoms with E-state index in [1.54, 1.807) is 0 Å². The molecule has 0 saturated heterocycles. The van der Waals surface area contributed by atoms with Crippen molar-refractivity contribution >= 4 is 11.4 Å². The Balaban J connectivity index is 2.02. The predicted octanol–water partition coefficient (Wildman–Crippen LogP) is 2.48. The quantitative estimate of drug-likeness (QED) is 0.630. The van der Waals surface area contributed by atoms with Crippen LogP contribution in [0.1, 0.15) is 11.1 Å². The molecule has 0 aromatic heterocycles. The standard InChI is InChI=1S/C16H15N3O3/c17-10-13-6-7-15(16(9-13)19(21)22)18-11-14(20)8-12-4-2-1-3-5-12/h1-7,9,14,18,20H,8,11H2. The molecule has 0 heterocycles. The highest BCUT2D eigenvalue weighted by Crippen LogP contribution is 2.25. The Bertz CT molecular complexity index is 696. The van der Waals surface area contributed by atoms with Gasteiger partial charge in [-0.1, -0.05) is 30.3 Å². The molecule has 0 saturated carbocycles. The topological polar surface area (TPSA) is 99.2 Å². The van der Waals surface area contributed by atoms with E-state index in [-0.39, 0.29) is 23.5 Å². The summed E-state index contributed by atoms with van der Waals surface area (Å²) in [6.07, 6.45) is -0.213. The molecule has 112 valence electrons. The van der Waals surface area contributed by atoms with Gasteiger partial charge in [0, 0.05) is 19.0 Å². The Morgan fingerprint density at radius 1 is 1.27 bits per heavy atom. The first-order valence-electron chi connectivity index (χ1n) is 6.74. The fraction of sp³-hybridized carbons (Fsp3) is 0.188. The second-order valence-electron chi connectivity index (χ2n) is 4.83. The highest BCUT2D eigenvalue weighted by molar-refractivity contribution is 5.64. The van der Waals surface area contributed by atoms with Gasteiger partial charge in [-0.2, -0.15) is 5.26 Å². The van der Waals surface area contributed by atoms with E-state index in [0.29, 0.717) is 6.42 Å². The van der Waals surface area contributed by atoms with Gasteiger partial charge in [-0.15, -0.1) is 0 Å². The number of nitro groups is 1. The predicted molar refractivity (Wildman–Crippen MR) is 82.5 cm³/mol. The van der Waals surface area contributed by atoms with Crippen LogP contribution in [-0.4, -0.2) is 22.7 Å². The second-order valence-corrected chi connectivity index (χ2v) is 4.83. The zero-order chi connectivity index (χ0) is 15.9. The van der Waals surface area contributed by atoms with Gasteiger partial charge in [-0.05, 0) is 17.7 Å². The summed E-state index contributed by atoms with van der Waals surface area (Å²) in [5.74, 6) is 0. The van der Waals surface area contributed by atoms with Crippen LogP contribution in [0.2, 0.25) is 0 Å². The van der Waals surface area contributed by atoms with Crippen LogP contribution in [0.5, 0.6) is 0 Å². The number of aliphatic hydroxyl groups excluding tert-OH is 1. The molecule has 0 radical (unpaired) electrons. The van der Waals surface area contributed by atoms with Crippen LogP contribution in [0.4, 0.5) is 11.4 Å². The summed E-state index contributed by atoms with van der Waals surface area (Å²) < 4.78 is 0. The highest BCUT2D eigenvalue weighted by atomic mass is 16.6. The van der Waals surface area contributed by atoms with Crippen molar-refractivity contribution in [1.29, 1.82) is 5.26 Å². The third kappa shape index (κ3) is 4.04. The third-order valence-electron chi connectivity index (χ3n) is 3.17. The normalized spacial score (nSPS) is 11.5. The molecule has 6 nitrogen and oxygen atoms in total. The number of rotatable bonds is 6. The highest BCUT2D eigenvalue weighted by Gasteiger charge is 2.15. The molecular weight excluding hydrogens is 282 g/mol. The molecule has 0 aliphatic rings. The van der Waals surface area contributed by atoms with E-state index in [1.165, 1.54) is 18.2 Å². The van der Waals surface area contributed by atoms with Gasteiger partial charge in [0.25, 0.3) is 5.69 Å². The SMILES string of the molecule is N#Cc1ccc(NCC(O)Cc2ccccc2)c([N+](=O)[O-])c1. The van der Waals surface area contributed by atoms with Crippen molar-refractivity contribution in [1.82, 2.24) is 0 Å². The molecule has 2 aromatic rings. The first-order chi connectivity index (χ1) is 10.6. The van der Waals surface area contributed by atoms with Gasteiger partial charge < -0.3 is 10.4 Å². The summed E-state index contributed by atoms with van der Waals surface area (Å²) in [6, 6.07) is 15.6. The number of nitro benzene ring substituents is 1. The van der Waals surface area contributed by atoms with Crippen LogP contribution in [-0.2, 0) is 6.42 Å². The Morgan fingerprint density at radius 2 is 2.00 bits per heavy atom. The summed E-state index contributed by atoms with van der Waals surface area (Å²) in [6.45, 7) is 0.182. The molecule has 0 aliphatic heterocycles. The molecule has 22 heavy (non-hydrogen) atoms. The molecule has 0 fully saturated rings. The summed E-state index contributed by atoms with van der Waals surface area (Å²) in [5.41, 5.74) is 1.33. The summed E-state index contributed by atoms with van der Waals surface area (Å²) in [7, 11) is 0. The fourth-order valence-corrected chi connectivity index (χ4v) is 2.09. The number of aliphatic hydroxyl groups is 1. The largest absolute Gasteiger partial charge is 0.391 e. The molecular formula is C16H15N3O3. The van der Waals surface area contributed by atoms with Crippen molar-refractivity contribution in [3.05, 3.63) is 69.8 Å². The van der Waals surface area contributed by atoms with Gasteiger partial charge in [-0.3, -0.25) is 10.1 Å². The minimum atomic E-state index is -0.669. The molecule has 0 spiro atoms. The monoisotopic (exact) mass is 297 g/mol. The smallest absolute Gasteiger partial charge is 0.293 e. The minimum Gasteiger partial charge on any atom is -0.391 e. The average molecular weight is 297 g/mol. The molecule has 2 rings (SSSR count). The van der Waals surface area contributed by atoms with Crippen LogP contribution in [0.25, 0.3) is 0 Å². The van der Waals surface area contributed by atoms with E-state index in [0.717, 1.165) is 5.56 Å². The zero-order valence-corrected chi connectivity index (χ0v) is 11.8. The minimum absolute atomic E-state index is 0.175. The number of benzene rings is 2. The summed E-state index contributed by atoms with van der Waals surface area (Å²) in [4.78, 5) is 10.5. The number of nitrogens with zero attached hydrogens (tertiary/aromatic N) is 2. The van der Waals surface area contributed by atoms with Crippen LogP contribution < -0.4 is 5.32 Å². The van der Waals surface area contributed by atoms with Crippen molar-refractivity contribution < 1.29 is 10.0 Å². The fourth-order valence-electron chi connectivity index (χ4n) is 2.09. The lowest BCUT2D eigenvalue weighted by Gasteiger charge is -2.13. The molecule has 1 atom stereocenters. The van der Waals surface area contributed by atoms with Crippen LogP contribution in [0.3, 0.4) is 0 Å². The van der Waals surface area contributed by atoms with Crippen LogP contribution in [0.15, 0.2) is 48.5 Å². The molecule has 6 heteroatoms. The van der Waals surface area contributed by atoms with Gasteiger partial charge in [0.05, 0.1) is 22.7 Å². The lowest BCUT2D eigenvalue weighted by atomic mass is 10.1. The second kappa shape index (κ2) is 7.20. The Hall–Kier alpha value is -2.91. The van der Waals surface area contributed by atoms with Gasteiger partial charge in [0.1, 0.15) is 5.69 Å².